The van der Waals surface area contributed by atoms with Gasteiger partial charge in [0.1, 0.15) is 48.2 Å². The number of nitrogens with two attached hydrogens (primary N) is 1. The summed E-state index contributed by atoms with van der Waals surface area (Å²) in [6.45, 7) is 6.36. The van der Waals surface area contributed by atoms with Gasteiger partial charge in [-0.15, -0.1) is 6.42 Å². The summed E-state index contributed by atoms with van der Waals surface area (Å²) in [5.74, 6) is 6.47. The highest BCUT2D eigenvalue weighted by atomic mass is 16.5. The van der Waals surface area contributed by atoms with Crippen LogP contribution in [0.2, 0.25) is 0 Å². The Morgan fingerprint density at radius 3 is 2.27 bits per heavy atom. The largest absolute Gasteiger partial charge is 0.487 e. The van der Waals surface area contributed by atoms with Gasteiger partial charge in [0.2, 0.25) is 0 Å². The molecule has 4 aromatic carbocycles. The van der Waals surface area contributed by atoms with Crippen molar-refractivity contribution < 1.29 is 18.9 Å². The van der Waals surface area contributed by atoms with E-state index in [0.717, 1.165) is 106 Å². The number of imidazole rings is 1. The first-order valence-corrected chi connectivity index (χ1v) is 22.3. The smallest absolute Gasteiger partial charge is 0.163 e. The molecule has 14 heteroatoms. The second kappa shape index (κ2) is 20.4. The molecule has 0 amide bonds. The second-order valence-electron chi connectivity index (χ2n) is 16.6. The minimum absolute atomic E-state index is 0.392. The second-order valence-corrected chi connectivity index (χ2v) is 16.6. The highest BCUT2D eigenvalue weighted by molar-refractivity contribution is 5.93. The molecular weight excluding hydrogens is 829 g/mol. The third-order valence-electron chi connectivity index (χ3n) is 12.3. The maximum Gasteiger partial charge on any atom is 0.163 e. The molecule has 66 heavy (non-hydrogen) atoms. The van der Waals surface area contributed by atoms with Crippen molar-refractivity contribution >= 4 is 44.6 Å². The minimum Gasteiger partial charge on any atom is -0.487 e. The minimum atomic E-state index is 0.392. The highest BCUT2D eigenvalue weighted by Gasteiger charge is 2.38. The van der Waals surface area contributed by atoms with Gasteiger partial charge in [0.15, 0.2) is 11.5 Å². The zero-order valence-electron chi connectivity index (χ0n) is 37.6. The summed E-state index contributed by atoms with van der Waals surface area (Å²) in [5, 5.41) is 5.20. The number of nitrogen functional groups attached to an aromatic ring is 1. The van der Waals surface area contributed by atoms with E-state index in [-0.39, 0.29) is 0 Å². The van der Waals surface area contributed by atoms with Gasteiger partial charge < -0.3 is 34.9 Å². The van der Waals surface area contributed by atoms with Gasteiger partial charge in [-0.2, -0.15) is 0 Å². The van der Waals surface area contributed by atoms with Crippen molar-refractivity contribution in [2.75, 3.05) is 84.9 Å². The fourth-order valence-corrected chi connectivity index (χ4v) is 8.58. The van der Waals surface area contributed by atoms with Crippen LogP contribution in [0.15, 0.2) is 116 Å². The quantitative estimate of drug-likeness (QED) is 0.0801. The number of hydrogen-bond donors (Lipinski definition) is 2. The van der Waals surface area contributed by atoms with E-state index in [2.05, 4.69) is 89.9 Å². The molecule has 0 bridgehead atoms. The molecule has 1 aliphatic carbocycles. The standard InChI is InChI=1S/C30H31N7.C22H23N3O4/c1-35-13-15-36(16-14-35)24-17-23(18-24)30-34-27(28-29(31)32-11-12-37(28)30)22-8-7-21-9-10-25(33-26(21)19-22)20-5-3-2-4-6-20;1-4-16-6-5-7-17(12-16)25-22-18-13-20(28-10-8-26-2)21(29-11-9-27-3)14-19(18)23-15-24-22/h2-12,19,23-24H,13-18H2,1H3,(H2,31,32);1,5-7,12-15H,8-11H2,2-3H3,(H,23,24,25). The first-order valence-electron chi connectivity index (χ1n) is 22.3. The van der Waals surface area contributed by atoms with Crippen LogP contribution in [0.5, 0.6) is 11.5 Å². The van der Waals surface area contributed by atoms with Crippen LogP contribution in [0.3, 0.4) is 0 Å². The third kappa shape index (κ3) is 9.75. The molecule has 2 fully saturated rings. The number of likely N-dealkylation sites (N-methyl/N-ethyl adjacent to an activating group) is 1. The molecule has 8 aromatic rings. The van der Waals surface area contributed by atoms with E-state index >= 15 is 0 Å². The van der Waals surface area contributed by atoms with Crippen molar-refractivity contribution in [3.63, 3.8) is 0 Å². The molecule has 0 radical (unpaired) electrons. The number of anilines is 3. The number of benzene rings is 4. The number of hydrogen-bond acceptors (Lipinski definition) is 13. The van der Waals surface area contributed by atoms with Crippen LogP contribution >= 0.6 is 0 Å². The van der Waals surface area contributed by atoms with E-state index in [1.54, 1.807) is 20.4 Å². The van der Waals surface area contributed by atoms with Crippen LogP contribution in [-0.4, -0.2) is 119 Å². The number of aromatic nitrogens is 6. The Labute approximate surface area is 384 Å². The molecule has 1 saturated carbocycles. The van der Waals surface area contributed by atoms with Crippen molar-refractivity contribution in [2.24, 2.45) is 0 Å². The number of terminal acetylenes is 1. The first kappa shape index (κ1) is 44.1. The summed E-state index contributed by atoms with van der Waals surface area (Å²) < 4.78 is 24.0. The fraction of sp³-hybridized carbons (Fsp3) is 0.288. The molecule has 336 valence electrons. The number of pyridine rings is 1. The van der Waals surface area contributed by atoms with Gasteiger partial charge in [-0.05, 0) is 56.3 Å². The van der Waals surface area contributed by atoms with E-state index < -0.39 is 0 Å². The lowest BCUT2D eigenvalue weighted by Crippen LogP contribution is -2.52. The monoisotopic (exact) mass is 882 g/mol. The predicted molar refractivity (Wildman–Crippen MR) is 260 cm³/mol. The molecule has 5 heterocycles. The number of piperazine rings is 1. The maximum atomic E-state index is 6.44. The Kier molecular flexibility index (Phi) is 13.6. The third-order valence-corrected chi connectivity index (χ3v) is 12.3. The first-order chi connectivity index (χ1) is 32.4. The average molecular weight is 883 g/mol. The van der Waals surface area contributed by atoms with Crippen LogP contribution in [0.1, 0.15) is 30.1 Å². The van der Waals surface area contributed by atoms with Crippen LogP contribution < -0.4 is 20.5 Å². The van der Waals surface area contributed by atoms with Crippen LogP contribution in [0.25, 0.3) is 49.8 Å². The van der Waals surface area contributed by atoms with Gasteiger partial charge >= 0.3 is 0 Å². The molecule has 0 unspecified atom stereocenters. The molecule has 4 aromatic heterocycles. The number of nitrogens with zero attached hydrogens (tertiary/aromatic N) is 8. The SMILES string of the molecule is C#Cc1cccc(Nc2ncnc3cc(OCCOC)c(OCCOC)cc23)c1.CN1CCN(C2CC(c3nc(-c4ccc5ccc(-c6ccccc6)nc5c4)c4c(N)nccn34)C2)CC1. The Bertz CT molecular complexity index is 2980. The fourth-order valence-electron chi connectivity index (χ4n) is 8.58. The normalized spacial score (nSPS) is 16.3. The Hall–Kier alpha value is -7.15. The van der Waals surface area contributed by atoms with E-state index in [9.17, 15) is 0 Å². The Balaban J connectivity index is 0.000000172. The molecule has 1 saturated heterocycles. The van der Waals surface area contributed by atoms with Gasteiger partial charge in [0.25, 0.3) is 0 Å². The Morgan fingerprint density at radius 1 is 0.758 bits per heavy atom. The van der Waals surface area contributed by atoms with Crippen molar-refractivity contribution in [1.29, 1.82) is 0 Å². The summed E-state index contributed by atoms with van der Waals surface area (Å²) >= 11 is 0. The van der Waals surface area contributed by atoms with E-state index in [1.807, 2.05) is 60.8 Å². The number of rotatable bonds is 14. The van der Waals surface area contributed by atoms with Crippen LogP contribution in [0.4, 0.5) is 17.3 Å². The van der Waals surface area contributed by atoms with Gasteiger partial charge in [-0.3, -0.25) is 9.30 Å². The average Bonchev–Trinajstić information content (AvgIpc) is 3.72. The zero-order chi connectivity index (χ0) is 45.4. The number of fused-ring (bicyclic) bond motifs is 3. The van der Waals surface area contributed by atoms with Crippen molar-refractivity contribution in [2.45, 2.75) is 24.8 Å². The molecule has 14 nitrogen and oxygen atoms in total. The molecule has 1 aliphatic heterocycles. The topological polar surface area (TPSA) is 150 Å². The van der Waals surface area contributed by atoms with Gasteiger partial charge in [0.05, 0.1) is 29.9 Å². The van der Waals surface area contributed by atoms with Gasteiger partial charge in [0, 0.05) is 104 Å². The summed E-state index contributed by atoms with van der Waals surface area (Å²) in [4.78, 5) is 28.4. The van der Waals surface area contributed by atoms with Crippen molar-refractivity contribution in [1.82, 2.24) is 39.1 Å². The predicted octanol–water partition coefficient (Wildman–Crippen LogP) is 8.09. The lowest BCUT2D eigenvalue weighted by atomic mass is 9.78. The molecule has 10 rings (SSSR count). The molecule has 0 atom stereocenters. The van der Waals surface area contributed by atoms with E-state index in [0.29, 0.717) is 61.5 Å². The summed E-state index contributed by atoms with van der Waals surface area (Å²) in [6, 6.07) is 32.8. The van der Waals surface area contributed by atoms with Crippen molar-refractivity contribution in [3.8, 4) is 46.4 Å². The van der Waals surface area contributed by atoms with Crippen LogP contribution in [0, 0.1) is 12.3 Å². The number of methoxy groups -OCH3 is 2. The summed E-state index contributed by atoms with van der Waals surface area (Å²) in [5.41, 5.74) is 14.6. The maximum absolute atomic E-state index is 6.44. The Morgan fingerprint density at radius 2 is 1.52 bits per heavy atom. The molecule has 3 N–H and O–H groups in total. The van der Waals surface area contributed by atoms with Gasteiger partial charge in [-0.1, -0.05) is 60.5 Å². The van der Waals surface area contributed by atoms with Gasteiger partial charge in [-0.25, -0.2) is 24.9 Å². The van der Waals surface area contributed by atoms with E-state index in [4.69, 9.17) is 41.1 Å². The molecule has 2 aliphatic rings. The van der Waals surface area contributed by atoms with E-state index in [1.165, 1.54) is 6.33 Å². The molecule has 0 spiro atoms. The zero-order valence-corrected chi connectivity index (χ0v) is 37.6. The summed E-state index contributed by atoms with van der Waals surface area (Å²) in [6.07, 6.45) is 13.1. The number of ether oxygens (including phenoxy) is 4. The molecular formula is C52H54N10O4. The van der Waals surface area contributed by atoms with Crippen molar-refractivity contribution in [3.05, 3.63) is 127 Å². The summed E-state index contributed by atoms with van der Waals surface area (Å²) in [7, 11) is 5.46. The van der Waals surface area contributed by atoms with Crippen LogP contribution in [-0.2, 0) is 9.47 Å². The lowest BCUT2D eigenvalue weighted by molar-refractivity contribution is 0.0586. The highest BCUT2D eigenvalue weighted by Crippen LogP contribution is 2.42. The number of nitrogens with one attached hydrogen (secondary N) is 1. The lowest BCUT2D eigenvalue weighted by Gasteiger charge is -2.45.